The monoisotopic (exact) mass is 306 g/mol. The highest BCUT2D eigenvalue weighted by atomic mass is 32.2. The zero-order chi connectivity index (χ0) is 14.5. The summed E-state index contributed by atoms with van der Waals surface area (Å²) in [6.45, 7) is 2.00. The first-order valence-corrected chi connectivity index (χ1v) is 7.80. The van der Waals surface area contributed by atoms with Crippen molar-refractivity contribution in [3.05, 3.63) is 46.8 Å². The number of thioether (sulfide) groups is 1. The van der Waals surface area contributed by atoms with E-state index >= 15 is 0 Å². The van der Waals surface area contributed by atoms with Gasteiger partial charge in [0.25, 0.3) is 5.91 Å². The summed E-state index contributed by atoms with van der Waals surface area (Å²) in [5, 5.41) is 4.95. The van der Waals surface area contributed by atoms with Gasteiger partial charge in [-0.15, -0.1) is 23.1 Å². The minimum Gasteiger partial charge on any atom is -0.366 e. The van der Waals surface area contributed by atoms with E-state index in [1.165, 1.54) is 23.1 Å². The van der Waals surface area contributed by atoms with Crippen molar-refractivity contribution in [1.82, 2.24) is 0 Å². The van der Waals surface area contributed by atoms with Crippen molar-refractivity contribution in [3.63, 3.8) is 0 Å². The van der Waals surface area contributed by atoms with Crippen molar-refractivity contribution in [1.29, 1.82) is 0 Å². The molecule has 4 nitrogen and oxygen atoms in total. The van der Waals surface area contributed by atoms with Crippen LogP contribution in [0.15, 0.2) is 40.6 Å². The normalized spacial score (nSPS) is 10.2. The van der Waals surface area contributed by atoms with Crippen LogP contribution in [0, 0.1) is 6.92 Å². The molecule has 0 radical (unpaired) electrons. The first-order chi connectivity index (χ1) is 9.58. The summed E-state index contributed by atoms with van der Waals surface area (Å²) in [6, 6.07) is 9.50. The number of primary amides is 1. The van der Waals surface area contributed by atoms with Gasteiger partial charge in [-0.2, -0.15) is 0 Å². The van der Waals surface area contributed by atoms with E-state index in [0.717, 1.165) is 10.5 Å². The number of thiophene rings is 1. The Morgan fingerprint density at radius 1 is 1.30 bits per heavy atom. The first-order valence-electron chi connectivity index (χ1n) is 5.93. The molecule has 0 aliphatic heterocycles. The average molecular weight is 306 g/mol. The van der Waals surface area contributed by atoms with Gasteiger partial charge in [0.1, 0.15) is 5.00 Å². The highest BCUT2D eigenvalue weighted by molar-refractivity contribution is 8.00. The number of anilines is 1. The van der Waals surface area contributed by atoms with Crippen LogP contribution in [0.5, 0.6) is 0 Å². The Morgan fingerprint density at radius 2 is 2.05 bits per heavy atom. The lowest BCUT2D eigenvalue weighted by molar-refractivity contribution is -0.113. The van der Waals surface area contributed by atoms with Crippen LogP contribution in [0.25, 0.3) is 0 Å². The predicted octanol–water partition coefficient (Wildman–Crippen LogP) is 2.89. The number of amides is 2. The summed E-state index contributed by atoms with van der Waals surface area (Å²) >= 11 is 2.76. The lowest BCUT2D eigenvalue weighted by Gasteiger charge is -2.06. The molecule has 0 aliphatic carbocycles. The molecule has 3 N–H and O–H groups in total. The van der Waals surface area contributed by atoms with Crippen molar-refractivity contribution >= 4 is 39.9 Å². The largest absolute Gasteiger partial charge is 0.366 e. The van der Waals surface area contributed by atoms with E-state index in [0.29, 0.717) is 16.3 Å². The Kier molecular flexibility index (Phi) is 4.81. The molecule has 2 rings (SSSR count). The van der Waals surface area contributed by atoms with Crippen LogP contribution in [0.3, 0.4) is 0 Å². The standard InChI is InChI=1S/C14H14N2O2S2/c1-9-4-2-3-5-11(9)20-8-12(17)16-14-10(13(15)18)6-7-19-14/h2-7H,8H2,1H3,(H2,15,18)(H,16,17). The van der Waals surface area contributed by atoms with Gasteiger partial charge in [-0.05, 0) is 30.0 Å². The molecule has 0 aliphatic rings. The third-order valence-electron chi connectivity index (χ3n) is 2.64. The summed E-state index contributed by atoms with van der Waals surface area (Å²) in [4.78, 5) is 24.1. The van der Waals surface area contributed by atoms with E-state index in [-0.39, 0.29) is 5.91 Å². The van der Waals surface area contributed by atoms with Crippen molar-refractivity contribution in [2.45, 2.75) is 11.8 Å². The molecule has 6 heteroatoms. The average Bonchev–Trinajstić information content (AvgIpc) is 2.86. The second kappa shape index (κ2) is 6.58. The topological polar surface area (TPSA) is 72.2 Å². The number of carbonyl (C=O) groups is 2. The zero-order valence-electron chi connectivity index (χ0n) is 10.9. The van der Waals surface area contributed by atoms with E-state index in [9.17, 15) is 9.59 Å². The molecule has 2 amide bonds. The number of carbonyl (C=O) groups excluding carboxylic acids is 2. The summed E-state index contributed by atoms with van der Waals surface area (Å²) in [5.41, 5.74) is 6.72. The maximum absolute atomic E-state index is 11.9. The molecular formula is C14H14N2O2S2. The molecule has 0 bridgehead atoms. The van der Waals surface area contributed by atoms with Crippen LogP contribution in [0.2, 0.25) is 0 Å². The predicted molar refractivity (Wildman–Crippen MR) is 83.4 cm³/mol. The molecule has 2 aromatic rings. The molecule has 0 atom stereocenters. The van der Waals surface area contributed by atoms with E-state index < -0.39 is 5.91 Å². The molecule has 104 valence electrons. The number of nitrogens with one attached hydrogen (secondary N) is 1. The highest BCUT2D eigenvalue weighted by Gasteiger charge is 2.12. The summed E-state index contributed by atoms with van der Waals surface area (Å²) in [7, 11) is 0. The Hall–Kier alpha value is -1.79. The van der Waals surface area contributed by atoms with Crippen LogP contribution >= 0.6 is 23.1 Å². The molecule has 0 saturated heterocycles. The Morgan fingerprint density at radius 3 is 2.75 bits per heavy atom. The maximum Gasteiger partial charge on any atom is 0.251 e. The van der Waals surface area contributed by atoms with Crippen molar-refractivity contribution < 1.29 is 9.59 Å². The number of rotatable bonds is 5. The second-order valence-corrected chi connectivity index (χ2v) is 6.06. The fraction of sp³-hybridized carbons (Fsp3) is 0.143. The van der Waals surface area contributed by atoms with Gasteiger partial charge in [-0.1, -0.05) is 18.2 Å². The molecule has 1 heterocycles. The van der Waals surface area contributed by atoms with Crippen molar-refractivity contribution in [2.75, 3.05) is 11.1 Å². The first kappa shape index (κ1) is 14.6. The van der Waals surface area contributed by atoms with Crippen LogP contribution in [0.4, 0.5) is 5.00 Å². The van der Waals surface area contributed by atoms with Gasteiger partial charge in [-0.25, -0.2) is 0 Å². The molecule has 0 spiro atoms. The smallest absolute Gasteiger partial charge is 0.251 e. The van der Waals surface area contributed by atoms with Gasteiger partial charge in [-0.3, -0.25) is 9.59 Å². The summed E-state index contributed by atoms with van der Waals surface area (Å²) in [5.74, 6) is -0.391. The van der Waals surface area contributed by atoms with Gasteiger partial charge in [0.05, 0.1) is 11.3 Å². The molecule has 0 unspecified atom stereocenters. The summed E-state index contributed by atoms with van der Waals surface area (Å²) in [6.07, 6.45) is 0. The molecule has 0 fully saturated rings. The van der Waals surface area contributed by atoms with Crippen LogP contribution in [0.1, 0.15) is 15.9 Å². The number of hydrogen-bond acceptors (Lipinski definition) is 4. The van der Waals surface area contributed by atoms with E-state index in [1.54, 1.807) is 11.4 Å². The summed E-state index contributed by atoms with van der Waals surface area (Å²) < 4.78 is 0. The third kappa shape index (κ3) is 3.61. The van der Waals surface area contributed by atoms with Crippen molar-refractivity contribution in [2.24, 2.45) is 5.73 Å². The molecule has 20 heavy (non-hydrogen) atoms. The fourth-order valence-corrected chi connectivity index (χ4v) is 3.26. The third-order valence-corrected chi connectivity index (χ3v) is 4.64. The number of aryl methyl sites for hydroxylation is 1. The van der Waals surface area contributed by atoms with Gasteiger partial charge in [0, 0.05) is 4.90 Å². The van der Waals surface area contributed by atoms with Crippen molar-refractivity contribution in [3.8, 4) is 0 Å². The highest BCUT2D eigenvalue weighted by Crippen LogP contribution is 2.25. The fourth-order valence-electron chi connectivity index (χ4n) is 1.62. The number of benzene rings is 1. The minimum atomic E-state index is -0.534. The van der Waals surface area contributed by atoms with Crippen LogP contribution in [-0.2, 0) is 4.79 Å². The molecular weight excluding hydrogens is 292 g/mol. The van der Waals surface area contributed by atoms with Crippen LogP contribution < -0.4 is 11.1 Å². The minimum absolute atomic E-state index is 0.150. The quantitative estimate of drug-likeness (QED) is 0.834. The van der Waals surface area contributed by atoms with E-state index in [2.05, 4.69) is 5.32 Å². The van der Waals surface area contributed by atoms with Gasteiger partial charge in [0.15, 0.2) is 0 Å². The molecule has 1 aromatic carbocycles. The Balaban J connectivity index is 1.95. The lowest BCUT2D eigenvalue weighted by Crippen LogP contribution is -2.17. The van der Waals surface area contributed by atoms with E-state index in [1.807, 2.05) is 31.2 Å². The number of nitrogens with two attached hydrogens (primary N) is 1. The Labute approximate surface area is 125 Å². The molecule has 0 saturated carbocycles. The Bertz CT molecular complexity index is 638. The lowest BCUT2D eigenvalue weighted by atomic mass is 10.2. The maximum atomic E-state index is 11.9. The molecule has 1 aromatic heterocycles. The van der Waals surface area contributed by atoms with E-state index in [4.69, 9.17) is 5.73 Å². The SMILES string of the molecule is Cc1ccccc1SCC(=O)Nc1sccc1C(N)=O. The van der Waals surface area contributed by atoms with Crippen LogP contribution in [-0.4, -0.2) is 17.6 Å². The van der Waals surface area contributed by atoms with Gasteiger partial charge >= 0.3 is 0 Å². The second-order valence-electron chi connectivity index (χ2n) is 4.13. The van der Waals surface area contributed by atoms with Gasteiger partial charge in [0.2, 0.25) is 5.91 Å². The number of hydrogen-bond donors (Lipinski definition) is 2. The zero-order valence-corrected chi connectivity index (χ0v) is 12.5. The van der Waals surface area contributed by atoms with Gasteiger partial charge < -0.3 is 11.1 Å².